The third-order valence-electron chi connectivity index (χ3n) is 6.55. The Kier molecular flexibility index (Phi) is 8.65. The molecule has 1 N–H and O–H groups in total. The molecule has 0 aromatic heterocycles. The van der Waals surface area contributed by atoms with Crippen LogP contribution in [-0.2, 0) is 23.7 Å². The molecule has 3 aromatic rings. The van der Waals surface area contributed by atoms with Gasteiger partial charge >= 0.3 is 17.9 Å². The van der Waals surface area contributed by atoms with Gasteiger partial charge in [0.25, 0.3) is 0 Å². The largest absolute Gasteiger partial charge is 0.459 e. The normalized spacial score (nSPS) is 25.6. The van der Waals surface area contributed by atoms with E-state index in [-0.39, 0.29) is 18.8 Å². The van der Waals surface area contributed by atoms with Crippen molar-refractivity contribution in [1.82, 2.24) is 0 Å². The fraction of sp³-hybridized carbons (Fsp3) is 0.258. The number of benzene rings is 3. The first-order valence-electron chi connectivity index (χ1n) is 12.9. The fourth-order valence-corrected chi connectivity index (χ4v) is 4.54. The second-order valence-electron chi connectivity index (χ2n) is 9.33. The number of esters is 3. The monoisotopic (exact) mass is 544 g/mol. The molecular formula is C31H28O9. The molecule has 40 heavy (non-hydrogen) atoms. The lowest BCUT2D eigenvalue weighted by molar-refractivity contribution is -0.101. The van der Waals surface area contributed by atoms with Crippen molar-refractivity contribution in [3.63, 3.8) is 0 Å². The SMILES string of the molecule is O=C(OC[C@H]1O[C@@H]([C@@H]2C=C[C@H](O)CO2)[C@H](OC(=O)c2ccccc2)[C@@H]1OC(=O)c1ccccc1)c1ccccc1. The Balaban J connectivity index is 1.43. The molecule has 1 fully saturated rings. The lowest BCUT2D eigenvalue weighted by Gasteiger charge is -2.29. The molecule has 0 unspecified atom stereocenters. The molecule has 2 aliphatic rings. The maximum atomic E-state index is 13.1. The van der Waals surface area contributed by atoms with Crippen LogP contribution in [0.2, 0.25) is 0 Å². The van der Waals surface area contributed by atoms with Crippen LogP contribution in [0.3, 0.4) is 0 Å². The minimum atomic E-state index is -1.14. The minimum absolute atomic E-state index is 0.00249. The molecule has 2 aliphatic heterocycles. The molecule has 0 bridgehead atoms. The lowest BCUT2D eigenvalue weighted by Crippen LogP contribution is -2.46. The van der Waals surface area contributed by atoms with Gasteiger partial charge in [0.2, 0.25) is 0 Å². The average molecular weight is 545 g/mol. The number of carbonyl (C=O) groups is 3. The zero-order chi connectivity index (χ0) is 27.9. The average Bonchev–Trinajstić information content (AvgIpc) is 3.33. The van der Waals surface area contributed by atoms with Crippen LogP contribution in [-0.4, -0.2) is 72.9 Å². The molecule has 9 nitrogen and oxygen atoms in total. The Bertz CT molecular complexity index is 1330. The van der Waals surface area contributed by atoms with Gasteiger partial charge in [-0.25, -0.2) is 14.4 Å². The molecule has 0 spiro atoms. The Morgan fingerprint density at radius 3 is 1.70 bits per heavy atom. The summed E-state index contributed by atoms with van der Waals surface area (Å²) in [7, 11) is 0. The molecule has 6 atom stereocenters. The highest BCUT2D eigenvalue weighted by atomic mass is 16.7. The van der Waals surface area contributed by atoms with Crippen molar-refractivity contribution in [1.29, 1.82) is 0 Å². The molecule has 0 saturated carbocycles. The number of aliphatic hydroxyl groups excluding tert-OH is 1. The van der Waals surface area contributed by atoms with Crippen molar-refractivity contribution in [2.75, 3.05) is 13.2 Å². The van der Waals surface area contributed by atoms with E-state index in [4.69, 9.17) is 23.7 Å². The number of carbonyl (C=O) groups excluding carboxylic acids is 3. The second kappa shape index (κ2) is 12.7. The Hall–Kier alpha value is -4.31. The highest BCUT2D eigenvalue weighted by molar-refractivity contribution is 5.91. The summed E-state index contributed by atoms with van der Waals surface area (Å²) in [6.45, 7) is -0.280. The van der Waals surface area contributed by atoms with Gasteiger partial charge in [-0.3, -0.25) is 0 Å². The van der Waals surface area contributed by atoms with Gasteiger partial charge in [0.1, 0.15) is 24.9 Å². The van der Waals surface area contributed by atoms with Gasteiger partial charge < -0.3 is 28.8 Å². The Labute approximate surface area is 230 Å². The van der Waals surface area contributed by atoms with Crippen molar-refractivity contribution in [2.24, 2.45) is 0 Å². The van der Waals surface area contributed by atoms with E-state index in [2.05, 4.69) is 0 Å². The van der Waals surface area contributed by atoms with Crippen molar-refractivity contribution in [3.8, 4) is 0 Å². The van der Waals surface area contributed by atoms with E-state index in [1.165, 1.54) is 0 Å². The van der Waals surface area contributed by atoms with Crippen LogP contribution in [0.1, 0.15) is 31.1 Å². The summed E-state index contributed by atoms with van der Waals surface area (Å²) in [5, 5.41) is 9.87. The highest BCUT2D eigenvalue weighted by Gasteiger charge is 2.53. The van der Waals surface area contributed by atoms with Gasteiger partial charge in [0.05, 0.1) is 29.4 Å². The topological polar surface area (TPSA) is 118 Å². The maximum Gasteiger partial charge on any atom is 0.338 e. The molecular weight excluding hydrogens is 516 g/mol. The predicted octanol–water partition coefficient (Wildman–Crippen LogP) is 3.38. The van der Waals surface area contributed by atoms with Crippen molar-refractivity contribution in [2.45, 2.75) is 36.6 Å². The number of ether oxygens (including phenoxy) is 5. The Morgan fingerprint density at radius 1 is 0.700 bits per heavy atom. The van der Waals surface area contributed by atoms with Crippen molar-refractivity contribution < 1.29 is 43.2 Å². The zero-order valence-corrected chi connectivity index (χ0v) is 21.4. The van der Waals surface area contributed by atoms with Crippen LogP contribution in [0.4, 0.5) is 0 Å². The van der Waals surface area contributed by atoms with Gasteiger partial charge in [-0.15, -0.1) is 0 Å². The van der Waals surface area contributed by atoms with Crippen LogP contribution in [0, 0.1) is 0 Å². The van der Waals surface area contributed by atoms with Crippen molar-refractivity contribution >= 4 is 17.9 Å². The van der Waals surface area contributed by atoms with Gasteiger partial charge in [-0.05, 0) is 36.4 Å². The minimum Gasteiger partial charge on any atom is -0.459 e. The van der Waals surface area contributed by atoms with E-state index in [1.807, 2.05) is 0 Å². The molecule has 1 saturated heterocycles. The molecule has 206 valence electrons. The summed E-state index contributed by atoms with van der Waals surface area (Å²) in [4.78, 5) is 38.9. The first kappa shape index (κ1) is 27.3. The lowest BCUT2D eigenvalue weighted by atomic mass is 10.0. The summed E-state index contributed by atoms with van der Waals surface area (Å²) in [6, 6.07) is 25.2. The smallest absolute Gasteiger partial charge is 0.338 e. The first-order chi connectivity index (χ1) is 19.5. The molecule has 5 rings (SSSR count). The predicted molar refractivity (Wildman–Crippen MR) is 142 cm³/mol. The molecule has 0 radical (unpaired) electrons. The van der Waals surface area contributed by atoms with E-state index in [0.29, 0.717) is 11.1 Å². The van der Waals surface area contributed by atoms with E-state index < -0.39 is 54.5 Å². The van der Waals surface area contributed by atoms with Gasteiger partial charge in [0, 0.05) is 0 Å². The number of hydrogen-bond donors (Lipinski definition) is 1. The van der Waals surface area contributed by atoms with Gasteiger partial charge in [-0.1, -0.05) is 66.7 Å². The molecule has 3 aromatic carbocycles. The van der Waals surface area contributed by atoms with Crippen LogP contribution in [0.15, 0.2) is 103 Å². The molecule has 2 heterocycles. The summed E-state index contributed by atoms with van der Waals surface area (Å²) in [5.74, 6) is -1.90. The van der Waals surface area contributed by atoms with Crippen LogP contribution < -0.4 is 0 Å². The fourth-order valence-electron chi connectivity index (χ4n) is 4.54. The van der Waals surface area contributed by atoms with Gasteiger partial charge in [0.15, 0.2) is 12.2 Å². The molecule has 0 aliphatic carbocycles. The molecule has 0 amide bonds. The van der Waals surface area contributed by atoms with E-state index in [1.54, 1.807) is 103 Å². The third-order valence-corrected chi connectivity index (χ3v) is 6.55. The van der Waals surface area contributed by atoms with Crippen LogP contribution >= 0.6 is 0 Å². The standard InChI is InChI=1S/C31H28O9/c32-23-16-17-24(36-18-23)26-28(40-31(35)22-14-8-3-9-15-22)27(39-30(34)21-12-6-2-7-13-21)25(38-26)19-37-29(33)20-10-4-1-5-11-20/h1-17,23-28,32H,18-19H2/t23-,24-,25+,26-,27+,28-/m0/s1. The number of aliphatic hydroxyl groups is 1. The van der Waals surface area contributed by atoms with E-state index >= 15 is 0 Å². The number of rotatable bonds is 8. The quantitative estimate of drug-likeness (QED) is 0.259. The number of hydrogen-bond acceptors (Lipinski definition) is 9. The summed E-state index contributed by atoms with van der Waals surface area (Å²) in [5.41, 5.74) is 0.925. The summed E-state index contributed by atoms with van der Waals surface area (Å²) < 4.78 is 29.3. The van der Waals surface area contributed by atoms with Crippen LogP contribution in [0.5, 0.6) is 0 Å². The van der Waals surface area contributed by atoms with Crippen molar-refractivity contribution in [3.05, 3.63) is 120 Å². The van der Waals surface area contributed by atoms with E-state index in [0.717, 1.165) is 0 Å². The summed E-state index contributed by atoms with van der Waals surface area (Å²) >= 11 is 0. The molecule has 9 heteroatoms. The Morgan fingerprint density at radius 2 is 1.20 bits per heavy atom. The van der Waals surface area contributed by atoms with Crippen LogP contribution in [0.25, 0.3) is 0 Å². The third kappa shape index (κ3) is 6.45. The first-order valence-corrected chi connectivity index (χ1v) is 12.9. The second-order valence-corrected chi connectivity index (χ2v) is 9.33. The zero-order valence-electron chi connectivity index (χ0n) is 21.4. The van der Waals surface area contributed by atoms with Gasteiger partial charge in [-0.2, -0.15) is 0 Å². The highest BCUT2D eigenvalue weighted by Crippen LogP contribution is 2.33. The summed E-state index contributed by atoms with van der Waals surface area (Å²) in [6.07, 6.45) is -2.53. The van der Waals surface area contributed by atoms with E-state index in [9.17, 15) is 19.5 Å². The maximum absolute atomic E-state index is 13.1.